The summed E-state index contributed by atoms with van der Waals surface area (Å²) in [6.45, 7) is 2.29. The molecule has 4 heteroatoms. The fraction of sp³-hybridized carbons (Fsp3) is 0.778. The molecule has 3 nitrogen and oxygen atoms in total. The largest absolute Gasteiger partial charge is 0.317 e. The SMILES string of the molecule is CC1CC(c2nnc(CBr)n2C)C1. The number of nitrogens with zero attached hydrogens (tertiary/aromatic N) is 3. The lowest BCUT2D eigenvalue weighted by molar-refractivity contribution is 0.273. The van der Waals surface area contributed by atoms with Crippen LogP contribution in [0.2, 0.25) is 0 Å². The van der Waals surface area contributed by atoms with E-state index in [1.165, 1.54) is 12.8 Å². The Kier molecular flexibility index (Phi) is 2.41. The fourth-order valence-corrected chi connectivity index (χ4v) is 2.45. The number of hydrogen-bond donors (Lipinski definition) is 0. The third-order valence-corrected chi connectivity index (χ3v) is 3.36. The summed E-state index contributed by atoms with van der Waals surface area (Å²) < 4.78 is 2.12. The van der Waals surface area contributed by atoms with Crippen LogP contribution < -0.4 is 0 Å². The van der Waals surface area contributed by atoms with Gasteiger partial charge in [-0.2, -0.15) is 0 Å². The zero-order chi connectivity index (χ0) is 9.42. The summed E-state index contributed by atoms with van der Waals surface area (Å²) in [6, 6.07) is 0. The lowest BCUT2D eigenvalue weighted by Crippen LogP contribution is -2.22. The van der Waals surface area contributed by atoms with Crippen molar-refractivity contribution in [2.75, 3.05) is 0 Å². The molecule has 0 atom stereocenters. The average Bonchev–Trinajstić information content (AvgIpc) is 2.41. The standard InChI is InChI=1S/C9H14BrN3/c1-6-3-7(4-6)9-12-11-8(5-10)13(9)2/h6-7H,3-5H2,1-2H3. The summed E-state index contributed by atoms with van der Waals surface area (Å²) in [5.74, 6) is 3.71. The van der Waals surface area contributed by atoms with Gasteiger partial charge in [0.1, 0.15) is 11.6 Å². The Hall–Kier alpha value is -0.380. The molecule has 2 rings (SSSR count). The van der Waals surface area contributed by atoms with Crippen LogP contribution in [0.1, 0.15) is 37.3 Å². The van der Waals surface area contributed by atoms with E-state index in [4.69, 9.17) is 0 Å². The first-order valence-electron chi connectivity index (χ1n) is 4.66. The first-order chi connectivity index (χ1) is 6.22. The molecule has 0 N–H and O–H groups in total. The smallest absolute Gasteiger partial charge is 0.143 e. The minimum absolute atomic E-state index is 0.653. The molecular weight excluding hydrogens is 230 g/mol. The Morgan fingerprint density at radius 1 is 1.46 bits per heavy atom. The number of aromatic nitrogens is 3. The summed E-state index contributed by atoms with van der Waals surface area (Å²) in [6.07, 6.45) is 2.54. The molecule has 1 aliphatic carbocycles. The average molecular weight is 244 g/mol. The summed E-state index contributed by atoms with van der Waals surface area (Å²) in [4.78, 5) is 0. The second-order valence-corrected chi connectivity index (χ2v) is 4.50. The van der Waals surface area contributed by atoms with Crippen molar-refractivity contribution in [2.45, 2.75) is 31.0 Å². The Morgan fingerprint density at radius 3 is 2.62 bits per heavy atom. The van der Waals surface area contributed by atoms with E-state index in [1.54, 1.807) is 0 Å². The molecule has 1 fully saturated rings. The van der Waals surface area contributed by atoms with Gasteiger partial charge in [-0.05, 0) is 18.8 Å². The minimum atomic E-state index is 0.653. The Labute approximate surface area is 86.7 Å². The topological polar surface area (TPSA) is 30.7 Å². The van der Waals surface area contributed by atoms with Crippen molar-refractivity contribution in [1.82, 2.24) is 14.8 Å². The van der Waals surface area contributed by atoms with Crippen molar-refractivity contribution < 1.29 is 0 Å². The molecule has 0 radical (unpaired) electrons. The zero-order valence-electron chi connectivity index (χ0n) is 8.00. The molecule has 13 heavy (non-hydrogen) atoms. The molecule has 1 aromatic heterocycles. The lowest BCUT2D eigenvalue weighted by atomic mass is 9.76. The first kappa shape index (κ1) is 9.19. The molecule has 1 aromatic rings. The van der Waals surface area contributed by atoms with E-state index in [-0.39, 0.29) is 0 Å². The van der Waals surface area contributed by atoms with Crippen LogP contribution in [-0.2, 0) is 12.4 Å². The zero-order valence-corrected chi connectivity index (χ0v) is 9.58. The normalized spacial score (nSPS) is 27.3. The van der Waals surface area contributed by atoms with Crippen LogP contribution in [0.5, 0.6) is 0 Å². The molecule has 0 amide bonds. The van der Waals surface area contributed by atoms with Gasteiger partial charge in [0.15, 0.2) is 0 Å². The van der Waals surface area contributed by atoms with E-state index in [0.717, 1.165) is 22.9 Å². The van der Waals surface area contributed by atoms with E-state index in [1.807, 2.05) is 0 Å². The number of halogens is 1. The Morgan fingerprint density at radius 2 is 2.15 bits per heavy atom. The van der Waals surface area contributed by atoms with Gasteiger partial charge in [0.25, 0.3) is 0 Å². The van der Waals surface area contributed by atoms with Crippen molar-refractivity contribution >= 4 is 15.9 Å². The predicted molar refractivity (Wildman–Crippen MR) is 54.8 cm³/mol. The van der Waals surface area contributed by atoms with Crippen LogP contribution in [0.25, 0.3) is 0 Å². The highest BCUT2D eigenvalue weighted by atomic mass is 79.9. The Bertz CT molecular complexity index is 302. The van der Waals surface area contributed by atoms with E-state index >= 15 is 0 Å². The maximum absolute atomic E-state index is 4.23. The fourth-order valence-electron chi connectivity index (χ4n) is 1.96. The van der Waals surface area contributed by atoms with Crippen LogP contribution in [0.3, 0.4) is 0 Å². The highest BCUT2D eigenvalue weighted by Crippen LogP contribution is 2.40. The van der Waals surface area contributed by atoms with Crippen molar-refractivity contribution in [1.29, 1.82) is 0 Å². The van der Waals surface area contributed by atoms with Gasteiger partial charge < -0.3 is 4.57 Å². The van der Waals surface area contributed by atoms with Crippen LogP contribution in [0, 0.1) is 5.92 Å². The lowest BCUT2D eigenvalue weighted by Gasteiger charge is -2.31. The van der Waals surface area contributed by atoms with Crippen LogP contribution in [-0.4, -0.2) is 14.8 Å². The molecule has 1 aliphatic rings. The minimum Gasteiger partial charge on any atom is -0.317 e. The highest BCUT2D eigenvalue weighted by molar-refractivity contribution is 9.08. The Balaban J connectivity index is 2.17. The monoisotopic (exact) mass is 243 g/mol. The van der Waals surface area contributed by atoms with Gasteiger partial charge in [-0.1, -0.05) is 22.9 Å². The molecule has 0 bridgehead atoms. The summed E-state index contributed by atoms with van der Waals surface area (Å²) >= 11 is 3.40. The van der Waals surface area contributed by atoms with Gasteiger partial charge in [-0.25, -0.2) is 0 Å². The van der Waals surface area contributed by atoms with Crippen LogP contribution in [0.4, 0.5) is 0 Å². The van der Waals surface area contributed by atoms with Crippen molar-refractivity contribution in [3.63, 3.8) is 0 Å². The third-order valence-electron chi connectivity index (χ3n) is 2.86. The van der Waals surface area contributed by atoms with Crippen LogP contribution in [0.15, 0.2) is 0 Å². The number of alkyl halides is 1. The molecular formula is C9H14BrN3. The third kappa shape index (κ3) is 1.52. The van der Waals surface area contributed by atoms with Gasteiger partial charge in [0.2, 0.25) is 0 Å². The van der Waals surface area contributed by atoms with Crippen LogP contribution >= 0.6 is 15.9 Å². The molecule has 0 spiro atoms. The van der Waals surface area contributed by atoms with Gasteiger partial charge in [0, 0.05) is 13.0 Å². The van der Waals surface area contributed by atoms with E-state index in [2.05, 4.69) is 44.7 Å². The number of hydrogen-bond acceptors (Lipinski definition) is 2. The second kappa shape index (κ2) is 3.40. The number of rotatable bonds is 2. The van der Waals surface area contributed by atoms with E-state index < -0.39 is 0 Å². The second-order valence-electron chi connectivity index (χ2n) is 3.94. The summed E-state index contributed by atoms with van der Waals surface area (Å²) in [5, 5.41) is 9.14. The molecule has 0 aromatic carbocycles. The summed E-state index contributed by atoms with van der Waals surface area (Å²) in [7, 11) is 2.05. The van der Waals surface area contributed by atoms with E-state index in [0.29, 0.717) is 5.92 Å². The molecule has 1 heterocycles. The van der Waals surface area contributed by atoms with Gasteiger partial charge in [0.05, 0.1) is 5.33 Å². The maximum Gasteiger partial charge on any atom is 0.143 e. The van der Waals surface area contributed by atoms with Crippen molar-refractivity contribution in [3.05, 3.63) is 11.6 Å². The first-order valence-corrected chi connectivity index (χ1v) is 5.78. The molecule has 1 saturated carbocycles. The van der Waals surface area contributed by atoms with Gasteiger partial charge in [-0.15, -0.1) is 10.2 Å². The van der Waals surface area contributed by atoms with Crippen molar-refractivity contribution in [2.24, 2.45) is 13.0 Å². The quantitative estimate of drug-likeness (QED) is 0.747. The van der Waals surface area contributed by atoms with E-state index in [9.17, 15) is 0 Å². The molecule has 72 valence electrons. The van der Waals surface area contributed by atoms with Gasteiger partial charge >= 0.3 is 0 Å². The van der Waals surface area contributed by atoms with Gasteiger partial charge in [-0.3, -0.25) is 0 Å². The summed E-state index contributed by atoms with van der Waals surface area (Å²) in [5.41, 5.74) is 0. The highest BCUT2D eigenvalue weighted by Gasteiger charge is 2.30. The predicted octanol–water partition coefficient (Wildman–Crippen LogP) is 2.22. The molecule has 0 unspecified atom stereocenters. The maximum atomic E-state index is 4.23. The molecule has 0 saturated heterocycles. The van der Waals surface area contributed by atoms with Crippen molar-refractivity contribution in [3.8, 4) is 0 Å². The molecule has 0 aliphatic heterocycles.